The molecule has 1 aliphatic heterocycles. The monoisotopic (exact) mass is 330 g/mol. The van der Waals surface area contributed by atoms with E-state index in [0.29, 0.717) is 6.04 Å². The van der Waals surface area contributed by atoms with E-state index in [1.165, 1.54) is 41.8 Å². The van der Waals surface area contributed by atoms with Gasteiger partial charge in [0.25, 0.3) is 0 Å². The smallest absolute Gasteiger partial charge is 0.0342 e. The molecule has 0 bridgehead atoms. The van der Waals surface area contributed by atoms with Gasteiger partial charge in [0.15, 0.2) is 0 Å². The fourth-order valence-electron chi connectivity index (χ4n) is 2.48. The van der Waals surface area contributed by atoms with Crippen LogP contribution in [0.1, 0.15) is 31.6 Å². The minimum absolute atomic E-state index is 0.619. The Kier molecular flexibility index (Phi) is 5.67. The number of piperidine rings is 1. The van der Waals surface area contributed by atoms with Gasteiger partial charge in [-0.1, -0.05) is 0 Å². The van der Waals surface area contributed by atoms with Gasteiger partial charge in [-0.15, -0.1) is 11.3 Å². The molecule has 1 fully saturated rings. The highest BCUT2D eigenvalue weighted by Gasteiger charge is 2.19. The summed E-state index contributed by atoms with van der Waals surface area (Å²) in [5.41, 5.74) is 0. The summed E-state index contributed by atoms with van der Waals surface area (Å²) in [6.07, 6.45) is 2.66. The Hall–Kier alpha value is 0.1000. The van der Waals surface area contributed by atoms with Crippen LogP contribution >= 0.6 is 27.3 Å². The molecule has 18 heavy (non-hydrogen) atoms. The second-order valence-electron chi connectivity index (χ2n) is 5.41. The Morgan fingerprint density at radius 2 is 2.17 bits per heavy atom. The lowest BCUT2D eigenvalue weighted by atomic mass is 9.97. The van der Waals surface area contributed by atoms with Gasteiger partial charge in [-0.25, -0.2) is 0 Å². The number of rotatable bonds is 5. The number of halogens is 1. The molecule has 0 radical (unpaired) electrons. The van der Waals surface area contributed by atoms with Crippen LogP contribution in [0, 0.1) is 5.92 Å². The molecule has 1 aliphatic rings. The van der Waals surface area contributed by atoms with Crippen LogP contribution in [0.3, 0.4) is 0 Å². The lowest BCUT2D eigenvalue weighted by Gasteiger charge is -2.32. The molecule has 2 nitrogen and oxygen atoms in total. The first-order valence-corrected chi connectivity index (χ1v) is 8.50. The summed E-state index contributed by atoms with van der Waals surface area (Å²) >= 11 is 5.50. The van der Waals surface area contributed by atoms with Crippen molar-refractivity contribution in [1.29, 1.82) is 0 Å². The first-order valence-electron chi connectivity index (χ1n) is 6.83. The number of nitrogens with zero attached hydrogens (tertiary/aromatic N) is 1. The Morgan fingerprint density at radius 3 is 2.72 bits per heavy atom. The second kappa shape index (κ2) is 7.04. The molecule has 1 saturated heterocycles. The Labute approximate surface area is 123 Å². The van der Waals surface area contributed by atoms with Crippen LogP contribution in [0.2, 0.25) is 0 Å². The summed E-state index contributed by atoms with van der Waals surface area (Å²) in [7, 11) is 0. The van der Waals surface area contributed by atoms with Crippen molar-refractivity contribution in [3.8, 4) is 0 Å². The van der Waals surface area contributed by atoms with Crippen LogP contribution in [-0.2, 0) is 6.54 Å². The third-order valence-corrected chi connectivity index (χ3v) is 5.63. The van der Waals surface area contributed by atoms with E-state index in [4.69, 9.17) is 0 Å². The molecule has 0 spiro atoms. The molecule has 102 valence electrons. The predicted molar refractivity (Wildman–Crippen MR) is 83.2 cm³/mol. The van der Waals surface area contributed by atoms with E-state index in [9.17, 15) is 0 Å². The van der Waals surface area contributed by atoms with Crippen molar-refractivity contribution in [3.05, 3.63) is 20.8 Å². The Balaban J connectivity index is 1.93. The number of hydrogen-bond acceptors (Lipinski definition) is 3. The summed E-state index contributed by atoms with van der Waals surface area (Å²) < 4.78 is 1.27. The van der Waals surface area contributed by atoms with Crippen LogP contribution in [0.4, 0.5) is 0 Å². The second-order valence-corrected chi connectivity index (χ2v) is 7.26. The normalized spacial score (nSPS) is 17.8. The largest absolute Gasteiger partial charge is 0.317 e. The molecule has 2 rings (SSSR count). The number of hydrogen-bond donors (Lipinski definition) is 1. The first-order chi connectivity index (χ1) is 8.66. The van der Waals surface area contributed by atoms with Crippen molar-refractivity contribution in [2.75, 3.05) is 19.6 Å². The maximum atomic E-state index is 3.64. The molecule has 0 aliphatic carbocycles. The lowest BCUT2D eigenvalue weighted by molar-refractivity contribution is 0.163. The Bertz CT molecular complexity index is 358. The van der Waals surface area contributed by atoms with Crippen molar-refractivity contribution in [1.82, 2.24) is 10.2 Å². The maximum Gasteiger partial charge on any atom is 0.0342 e. The summed E-state index contributed by atoms with van der Waals surface area (Å²) in [5.74, 6) is 0.868. The van der Waals surface area contributed by atoms with Crippen molar-refractivity contribution in [2.24, 2.45) is 5.92 Å². The Morgan fingerprint density at radius 1 is 1.44 bits per heavy atom. The fraction of sp³-hybridized carbons (Fsp3) is 0.714. The van der Waals surface area contributed by atoms with E-state index < -0.39 is 0 Å². The van der Waals surface area contributed by atoms with E-state index in [0.717, 1.165) is 12.5 Å². The van der Waals surface area contributed by atoms with E-state index in [1.807, 2.05) is 11.3 Å². The fourth-order valence-corrected chi connectivity index (χ4v) is 3.98. The molecular weight excluding hydrogens is 308 g/mol. The maximum absolute atomic E-state index is 3.64. The van der Waals surface area contributed by atoms with Gasteiger partial charge in [0, 0.05) is 28.5 Å². The van der Waals surface area contributed by atoms with Gasteiger partial charge >= 0.3 is 0 Å². The molecule has 0 unspecified atom stereocenters. The zero-order chi connectivity index (χ0) is 13.0. The van der Waals surface area contributed by atoms with Gasteiger partial charge in [-0.05, 0) is 73.1 Å². The zero-order valence-corrected chi connectivity index (χ0v) is 13.7. The summed E-state index contributed by atoms with van der Waals surface area (Å²) in [6, 6.07) is 2.78. The minimum atomic E-state index is 0.619. The summed E-state index contributed by atoms with van der Waals surface area (Å²) in [4.78, 5) is 4.07. The highest BCUT2D eigenvalue weighted by Crippen LogP contribution is 2.26. The minimum Gasteiger partial charge on any atom is -0.317 e. The lowest BCUT2D eigenvalue weighted by Crippen LogP contribution is -2.39. The predicted octanol–water partition coefficient (Wildman–Crippen LogP) is 3.72. The van der Waals surface area contributed by atoms with Crippen LogP contribution in [0.5, 0.6) is 0 Å². The third kappa shape index (κ3) is 4.05. The molecule has 0 amide bonds. The van der Waals surface area contributed by atoms with Crippen molar-refractivity contribution in [3.63, 3.8) is 0 Å². The van der Waals surface area contributed by atoms with E-state index in [1.54, 1.807) is 0 Å². The molecule has 0 saturated carbocycles. The van der Waals surface area contributed by atoms with E-state index in [-0.39, 0.29) is 0 Å². The molecule has 2 heterocycles. The average molecular weight is 331 g/mol. The zero-order valence-electron chi connectivity index (χ0n) is 11.3. The van der Waals surface area contributed by atoms with Gasteiger partial charge in [-0.2, -0.15) is 0 Å². The van der Waals surface area contributed by atoms with Crippen molar-refractivity contribution in [2.45, 2.75) is 39.3 Å². The van der Waals surface area contributed by atoms with Crippen molar-refractivity contribution < 1.29 is 0 Å². The molecule has 1 aromatic rings. The average Bonchev–Trinajstić information content (AvgIpc) is 2.75. The third-order valence-electron chi connectivity index (χ3n) is 3.72. The van der Waals surface area contributed by atoms with Crippen LogP contribution in [-0.4, -0.2) is 30.6 Å². The molecule has 1 aromatic heterocycles. The molecule has 4 heteroatoms. The van der Waals surface area contributed by atoms with Gasteiger partial charge in [0.05, 0.1) is 0 Å². The van der Waals surface area contributed by atoms with Crippen molar-refractivity contribution >= 4 is 27.3 Å². The molecule has 0 aromatic carbocycles. The highest BCUT2D eigenvalue weighted by atomic mass is 79.9. The van der Waals surface area contributed by atoms with Crippen LogP contribution < -0.4 is 5.32 Å². The quantitative estimate of drug-likeness (QED) is 0.885. The standard InChI is InChI=1S/C14H23BrN2S/c1-11(2)17(9-12-3-6-16-7-4-12)10-14-13(15)5-8-18-14/h5,8,11-12,16H,3-4,6-7,9-10H2,1-2H3. The molecule has 1 N–H and O–H groups in total. The van der Waals surface area contributed by atoms with Crippen LogP contribution in [0.15, 0.2) is 15.9 Å². The summed E-state index contributed by atoms with van der Waals surface area (Å²) in [6.45, 7) is 9.33. The highest BCUT2D eigenvalue weighted by molar-refractivity contribution is 9.10. The van der Waals surface area contributed by atoms with E-state index in [2.05, 4.69) is 51.4 Å². The van der Waals surface area contributed by atoms with Gasteiger partial charge < -0.3 is 5.32 Å². The first kappa shape index (κ1) is 14.5. The van der Waals surface area contributed by atoms with Gasteiger partial charge in [0.1, 0.15) is 0 Å². The number of nitrogens with one attached hydrogen (secondary N) is 1. The topological polar surface area (TPSA) is 15.3 Å². The van der Waals surface area contributed by atoms with Gasteiger partial charge in [-0.3, -0.25) is 4.90 Å². The molecule has 0 atom stereocenters. The summed E-state index contributed by atoms with van der Waals surface area (Å²) in [5, 5.41) is 5.62. The van der Waals surface area contributed by atoms with Gasteiger partial charge in [0.2, 0.25) is 0 Å². The number of thiophene rings is 1. The van der Waals surface area contributed by atoms with Crippen LogP contribution in [0.25, 0.3) is 0 Å². The SMILES string of the molecule is CC(C)N(Cc1sccc1Br)CC1CCNCC1. The molecular formula is C14H23BrN2S. The van der Waals surface area contributed by atoms with E-state index >= 15 is 0 Å².